The van der Waals surface area contributed by atoms with Crippen LogP contribution in [0, 0.1) is 0 Å². The largest absolute Gasteiger partial charge is 0.310 e. The molecule has 2 nitrogen and oxygen atoms in total. The second-order valence-electron chi connectivity index (χ2n) is 6.56. The van der Waals surface area contributed by atoms with E-state index in [0.29, 0.717) is 6.04 Å². The molecule has 1 aromatic carbocycles. The number of halogens is 1. The Morgan fingerprint density at radius 3 is 2.48 bits per heavy atom. The SMILES string of the molecule is CC(C)NCc1sc(-c2ccccc2Cl)nc1C(C)(C)C. The molecule has 0 atom stereocenters. The third kappa shape index (κ3) is 4.06. The lowest BCUT2D eigenvalue weighted by Gasteiger charge is -2.18. The van der Waals surface area contributed by atoms with Gasteiger partial charge in [-0.3, -0.25) is 0 Å². The fraction of sp³-hybridized carbons (Fsp3) is 0.471. The summed E-state index contributed by atoms with van der Waals surface area (Å²) in [4.78, 5) is 6.18. The van der Waals surface area contributed by atoms with Crippen LogP contribution in [0.25, 0.3) is 10.6 Å². The Morgan fingerprint density at radius 2 is 1.90 bits per heavy atom. The van der Waals surface area contributed by atoms with Crippen LogP contribution in [0.1, 0.15) is 45.2 Å². The van der Waals surface area contributed by atoms with Crippen molar-refractivity contribution < 1.29 is 0 Å². The third-order valence-corrected chi connectivity index (χ3v) is 4.60. The molecule has 1 heterocycles. The van der Waals surface area contributed by atoms with Crippen LogP contribution in [0.5, 0.6) is 0 Å². The summed E-state index contributed by atoms with van der Waals surface area (Å²) in [6.45, 7) is 11.8. The van der Waals surface area contributed by atoms with Crippen molar-refractivity contribution in [2.75, 3.05) is 0 Å². The van der Waals surface area contributed by atoms with Gasteiger partial charge in [-0.1, -0.05) is 64.4 Å². The molecule has 0 amide bonds. The van der Waals surface area contributed by atoms with Gasteiger partial charge in [0.05, 0.1) is 10.7 Å². The predicted molar refractivity (Wildman–Crippen MR) is 93.2 cm³/mol. The highest BCUT2D eigenvalue weighted by Gasteiger charge is 2.24. The Balaban J connectivity index is 2.43. The van der Waals surface area contributed by atoms with Gasteiger partial charge >= 0.3 is 0 Å². The molecular formula is C17H23ClN2S. The second-order valence-corrected chi connectivity index (χ2v) is 8.05. The van der Waals surface area contributed by atoms with E-state index in [2.05, 4.69) is 39.9 Å². The maximum atomic E-state index is 6.31. The molecule has 0 fully saturated rings. The van der Waals surface area contributed by atoms with Crippen molar-refractivity contribution in [1.29, 1.82) is 0 Å². The zero-order chi connectivity index (χ0) is 15.6. The number of aromatic nitrogens is 1. The standard InChI is InChI=1S/C17H23ClN2S/c1-11(2)19-10-14-15(17(3,4)5)20-16(21-14)12-8-6-7-9-13(12)18/h6-9,11,19H,10H2,1-5H3. The van der Waals surface area contributed by atoms with E-state index >= 15 is 0 Å². The molecule has 0 saturated heterocycles. The summed E-state index contributed by atoms with van der Waals surface area (Å²) < 4.78 is 0. The van der Waals surface area contributed by atoms with Crippen molar-refractivity contribution in [3.05, 3.63) is 39.9 Å². The van der Waals surface area contributed by atoms with Gasteiger partial charge in [0.1, 0.15) is 5.01 Å². The second kappa shape index (κ2) is 6.47. The van der Waals surface area contributed by atoms with Crippen LogP contribution in [0.3, 0.4) is 0 Å². The lowest BCUT2D eigenvalue weighted by Crippen LogP contribution is -2.23. The van der Waals surface area contributed by atoms with E-state index < -0.39 is 0 Å². The zero-order valence-electron chi connectivity index (χ0n) is 13.3. The van der Waals surface area contributed by atoms with Crippen LogP contribution in [-0.2, 0) is 12.0 Å². The summed E-state index contributed by atoms with van der Waals surface area (Å²) in [5.74, 6) is 0. The fourth-order valence-electron chi connectivity index (χ4n) is 2.10. The Morgan fingerprint density at radius 1 is 1.24 bits per heavy atom. The summed E-state index contributed by atoms with van der Waals surface area (Å²) in [6, 6.07) is 8.37. The molecule has 1 aromatic heterocycles. The van der Waals surface area contributed by atoms with Gasteiger partial charge < -0.3 is 5.32 Å². The molecule has 0 radical (unpaired) electrons. The maximum Gasteiger partial charge on any atom is 0.125 e. The molecule has 0 spiro atoms. The molecule has 1 N–H and O–H groups in total. The number of rotatable bonds is 4. The number of hydrogen-bond acceptors (Lipinski definition) is 3. The molecule has 0 aliphatic heterocycles. The molecule has 0 aliphatic rings. The van der Waals surface area contributed by atoms with Crippen molar-refractivity contribution in [3.8, 4) is 10.6 Å². The number of benzene rings is 1. The Bertz CT molecular complexity index is 611. The minimum atomic E-state index is 0.0317. The van der Waals surface area contributed by atoms with Crippen LogP contribution in [0.2, 0.25) is 5.02 Å². The van der Waals surface area contributed by atoms with Gasteiger partial charge in [-0.25, -0.2) is 4.98 Å². The van der Waals surface area contributed by atoms with Crippen molar-refractivity contribution in [3.63, 3.8) is 0 Å². The highest BCUT2D eigenvalue weighted by Crippen LogP contribution is 2.37. The highest BCUT2D eigenvalue weighted by molar-refractivity contribution is 7.15. The normalized spacial score (nSPS) is 12.1. The topological polar surface area (TPSA) is 24.9 Å². The van der Waals surface area contributed by atoms with E-state index in [4.69, 9.17) is 16.6 Å². The lowest BCUT2D eigenvalue weighted by atomic mass is 9.91. The first-order chi connectivity index (χ1) is 9.79. The van der Waals surface area contributed by atoms with Crippen LogP contribution >= 0.6 is 22.9 Å². The van der Waals surface area contributed by atoms with Crippen molar-refractivity contribution >= 4 is 22.9 Å². The molecule has 0 unspecified atom stereocenters. The number of nitrogens with zero attached hydrogens (tertiary/aromatic N) is 1. The van der Waals surface area contributed by atoms with Gasteiger partial charge in [0.15, 0.2) is 0 Å². The van der Waals surface area contributed by atoms with Crippen molar-refractivity contribution in [2.45, 2.75) is 52.6 Å². The van der Waals surface area contributed by atoms with Gasteiger partial charge in [-0.2, -0.15) is 0 Å². The molecule has 0 bridgehead atoms. The van der Waals surface area contributed by atoms with E-state index in [9.17, 15) is 0 Å². The first-order valence-corrected chi connectivity index (χ1v) is 8.47. The van der Waals surface area contributed by atoms with Crippen molar-refractivity contribution in [1.82, 2.24) is 10.3 Å². The average Bonchev–Trinajstić information content (AvgIpc) is 2.81. The number of nitrogens with one attached hydrogen (secondary N) is 1. The predicted octanol–water partition coefficient (Wildman–Crippen LogP) is 5.26. The summed E-state index contributed by atoms with van der Waals surface area (Å²) >= 11 is 8.05. The average molecular weight is 323 g/mol. The molecule has 2 rings (SSSR count). The van der Waals surface area contributed by atoms with Crippen LogP contribution in [0.4, 0.5) is 0 Å². The van der Waals surface area contributed by atoms with Gasteiger partial charge in [-0.15, -0.1) is 11.3 Å². The summed E-state index contributed by atoms with van der Waals surface area (Å²) in [5.41, 5.74) is 2.21. The van der Waals surface area contributed by atoms with E-state index in [1.165, 1.54) is 4.88 Å². The Labute approximate surface area is 136 Å². The fourth-order valence-corrected chi connectivity index (χ4v) is 3.65. The monoisotopic (exact) mass is 322 g/mol. The maximum absolute atomic E-state index is 6.31. The van der Waals surface area contributed by atoms with E-state index in [1.54, 1.807) is 11.3 Å². The molecule has 0 saturated carbocycles. The molecular weight excluding hydrogens is 300 g/mol. The van der Waals surface area contributed by atoms with E-state index in [1.807, 2.05) is 24.3 Å². The highest BCUT2D eigenvalue weighted by atomic mass is 35.5. The summed E-state index contributed by atoms with van der Waals surface area (Å²) in [7, 11) is 0. The minimum absolute atomic E-state index is 0.0317. The van der Waals surface area contributed by atoms with Crippen LogP contribution < -0.4 is 5.32 Å². The van der Waals surface area contributed by atoms with Gasteiger partial charge in [0, 0.05) is 28.4 Å². The Kier molecular flexibility index (Phi) is 5.07. The third-order valence-electron chi connectivity index (χ3n) is 3.18. The molecule has 21 heavy (non-hydrogen) atoms. The van der Waals surface area contributed by atoms with Crippen molar-refractivity contribution in [2.24, 2.45) is 0 Å². The van der Waals surface area contributed by atoms with Crippen LogP contribution in [0.15, 0.2) is 24.3 Å². The van der Waals surface area contributed by atoms with Gasteiger partial charge in [0.25, 0.3) is 0 Å². The van der Waals surface area contributed by atoms with Crippen LogP contribution in [-0.4, -0.2) is 11.0 Å². The number of thiazole rings is 1. The van der Waals surface area contributed by atoms with Gasteiger partial charge in [0.2, 0.25) is 0 Å². The smallest absolute Gasteiger partial charge is 0.125 e. The molecule has 0 aliphatic carbocycles. The van der Waals surface area contributed by atoms with E-state index in [-0.39, 0.29) is 5.41 Å². The minimum Gasteiger partial charge on any atom is -0.310 e. The quantitative estimate of drug-likeness (QED) is 0.830. The first kappa shape index (κ1) is 16.5. The molecule has 2 aromatic rings. The van der Waals surface area contributed by atoms with E-state index in [0.717, 1.165) is 27.8 Å². The Hall–Kier alpha value is -0.900. The number of hydrogen-bond donors (Lipinski definition) is 1. The summed E-state index contributed by atoms with van der Waals surface area (Å²) in [6.07, 6.45) is 0. The first-order valence-electron chi connectivity index (χ1n) is 7.27. The molecule has 114 valence electrons. The zero-order valence-corrected chi connectivity index (χ0v) is 14.9. The summed E-state index contributed by atoms with van der Waals surface area (Å²) in [5, 5.41) is 5.26. The van der Waals surface area contributed by atoms with Gasteiger partial charge in [-0.05, 0) is 6.07 Å². The molecule has 4 heteroatoms. The lowest BCUT2D eigenvalue weighted by molar-refractivity contribution is 0.546.